The predicted octanol–water partition coefficient (Wildman–Crippen LogP) is 3.00. The third kappa shape index (κ3) is 5.05. The second-order valence-corrected chi connectivity index (χ2v) is 4.62. The highest BCUT2D eigenvalue weighted by Gasteiger charge is 1.95. The molecule has 15 heavy (non-hydrogen) atoms. The third-order valence-corrected chi connectivity index (χ3v) is 3.20. The van der Waals surface area contributed by atoms with Crippen LogP contribution in [0.5, 0.6) is 0 Å². The Hall–Kier alpha value is -0.730. The van der Waals surface area contributed by atoms with E-state index in [0.717, 1.165) is 24.6 Å². The quantitative estimate of drug-likeness (QED) is 0.561. The molecule has 0 saturated carbocycles. The standard InChI is InChI=1S/C13H19NS/c1-3-9-15-10-8-14-11-13-7-5-4-6-12(13)2/h3-7,14H,1,8-11H2,2H3. The van der Waals surface area contributed by atoms with Crippen LogP contribution in [-0.2, 0) is 6.54 Å². The van der Waals surface area contributed by atoms with Crippen LogP contribution in [0.15, 0.2) is 36.9 Å². The first-order valence-electron chi connectivity index (χ1n) is 5.28. The smallest absolute Gasteiger partial charge is 0.0208 e. The molecular weight excluding hydrogens is 202 g/mol. The van der Waals surface area contributed by atoms with E-state index in [9.17, 15) is 0 Å². The highest BCUT2D eigenvalue weighted by atomic mass is 32.2. The van der Waals surface area contributed by atoms with Gasteiger partial charge in [0.25, 0.3) is 0 Å². The average Bonchev–Trinajstić information content (AvgIpc) is 2.25. The summed E-state index contributed by atoms with van der Waals surface area (Å²) in [5.41, 5.74) is 2.76. The summed E-state index contributed by atoms with van der Waals surface area (Å²) in [6.45, 7) is 7.89. The number of rotatable bonds is 7. The lowest BCUT2D eigenvalue weighted by Gasteiger charge is -2.06. The van der Waals surface area contributed by atoms with Crippen molar-refractivity contribution in [2.45, 2.75) is 13.5 Å². The highest BCUT2D eigenvalue weighted by Crippen LogP contribution is 2.06. The molecule has 0 aromatic heterocycles. The molecule has 0 atom stereocenters. The van der Waals surface area contributed by atoms with Crippen LogP contribution in [0, 0.1) is 6.92 Å². The zero-order valence-corrected chi connectivity index (χ0v) is 10.1. The molecule has 0 bridgehead atoms. The van der Waals surface area contributed by atoms with Gasteiger partial charge in [-0.05, 0) is 18.1 Å². The number of hydrogen-bond acceptors (Lipinski definition) is 2. The lowest BCUT2D eigenvalue weighted by atomic mass is 10.1. The van der Waals surface area contributed by atoms with Crippen LogP contribution >= 0.6 is 11.8 Å². The first kappa shape index (κ1) is 12.3. The molecule has 1 aromatic rings. The van der Waals surface area contributed by atoms with Crippen LogP contribution in [0.2, 0.25) is 0 Å². The monoisotopic (exact) mass is 221 g/mol. The largest absolute Gasteiger partial charge is 0.312 e. The molecule has 1 aromatic carbocycles. The van der Waals surface area contributed by atoms with Gasteiger partial charge in [-0.25, -0.2) is 0 Å². The molecule has 0 fully saturated rings. The van der Waals surface area contributed by atoms with Crippen molar-refractivity contribution in [3.05, 3.63) is 48.0 Å². The van der Waals surface area contributed by atoms with Gasteiger partial charge in [0.2, 0.25) is 0 Å². The van der Waals surface area contributed by atoms with Crippen molar-refractivity contribution in [2.75, 3.05) is 18.1 Å². The van der Waals surface area contributed by atoms with E-state index in [2.05, 4.69) is 43.1 Å². The minimum absolute atomic E-state index is 0.974. The van der Waals surface area contributed by atoms with Crippen LogP contribution in [-0.4, -0.2) is 18.1 Å². The summed E-state index contributed by atoms with van der Waals surface area (Å²) in [7, 11) is 0. The summed E-state index contributed by atoms with van der Waals surface area (Å²) in [6.07, 6.45) is 1.95. The van der Waals surface area contributed by atoms with Crippen molar-refractivity contribution in [3.8, 4) is 0 Å². The maximum absolute atomic E-state index is 3.70. The fraction of sp³-hybridized carbons (Fsp3) is 0.385. The second kappa shape index (κ2) is 7.55. The molecule has 82 valence electrons. The molecule has 1 nitrogen and oxygen atoms in total. The molecule has 0 spiro atoms. The highest BCUT2D eigenvalue weighted by molar-refractivity contribution is 7.99. The molecule has 0 heterocycles. The van der Waals surface area contributed by atoms with Crippen LogP contribution in [0.4, 0.5) is 0 Å². The van der Waals surface area contributed by atoms with Crippen molar-refractivity contribution in [1.82, 2.24) is 5.32 Å². The van der Waals surface area contributed by atoms with Gasteiger partial charge in [-0.1, -0.05) is 30.3 Å². The number of aryl methyl sites for hydroxylation is 1. The fourth-order valence-electron chi connectivity index (χ4n) is 1.34. The molecule has 1 N–H and O–H groups in total. The van der Waals surface area contributed by atoms with E-state index in [1.165, 1.54) is 11.1 Å². The second-order valence-electron chi connectivity index (χ2n) is 3.47. The van der Waals surface area contributed by atoms with Crippen LogP contribution < -0.4 is 5.32 Å². The Bertz CT molecular complexity index is 296. The molecule has 0 aliphatic carbocycles. The normalized spacial score (nSPS) is 10.2. The summed E-state index contributed by atoms with van der Waals surface area (Å²) in [6, 6.07) is 8.51. The van der Waals surface area contributed by atoms with Gasteiger partial charge in [-0.15, -0.1) is 6.58 Å². The van der Waals surface area contributed by atoms with Crippen molar-refractivity contribution in [2.24, 2.45) is 0 Å². The average molecular weight is 221 g/mol. The number of nitrogens with one attached hydrogen (secondary N) is 1. The topological polar surface area (TPSA) is 12.0 Å². The Labute approximate surface area is 97.0 Å². The molecule has 0 radical (unpaired) electrons. The van der Waals surface area contributed by atoms with E-state index in [-0.39, 0.29) is 0 Å². The lowest BCUT2D eigenvalue weighted by molar-refractivity contribution is 0.729. The summed E-state index contributed by atoms with van der Waals surface area (Å²) in [5.74, 6) is 2.20. The molecule has 1 rings (SSSR count). The summed E-state index contributed by atoms with van der Waals surface area (Å²) < 4.78 is 0. The third-order valence-electron chi connectivity index (χ3n) is 2.24. The molecule has 0 amide bonds. The predicted molar refractivity (Wildman–Crippen MR) is 70.4 cm³/mol. The summed E-state index contributed by atoms with van der Waals surface area (Å²) in [5, 5.41) is 3.45. The molecule has 0 unspecified atom stereocenters. The number of benzene rings is 1. The number of hydrogen-bond donors (Lipinski definition) is 1. The van der Waals surface area contributed by atoms with Gasteiger partial charge in [0.15, 0.2) is 0 Å². The van der Waals surface area contributed by atoms with Gasteiger partial charge in [0, 0.05) is 24.6 Å². The maximum atomic E-state index is 3.70. The van der Waals surface area contributed by atoms with Crippen molar-refractivity contribution in [1.29, 1.82) is 0 Å². The van der Waals surface area contributed by atoms with E-state index in [4.69, 9.17) is 0 Å². The van der Waals surface area contributed by atoms with Gasteiger partial charge in [0.05, 0.1) is 0 Å². The summed E-state index contributed by atoms with van der Waals surface area (Å²) >= 11 is 1.91. The zero-order valence-electron chi connectivity index (χ0n) is 9.33. The Balaban J connectivity index is 2.15. The van der Waals surface area contributed by atoms with Crippen LogP contribution in [0.1, 0.15) is 11.1 Å². The van der Waals surface area contributed by atoms with E-state index >= 15 is 0 Å². The Morgan fingerprint density at radius 1 is 1.40 bits per heavy atom. The molecule has 0 aliphatic heterocycles. The first-order chi connectivity index (χ1) is 7.34. The lowest BCUT2D eigenvalue weighted by Crippen LogP contribution is -2.17. The number of thioether (sulfide) groups is 1. The SMILES string of the molecule is C=CCSCCNCc1ccccc1C. The van der Waals surface area contributed by atoms with Crippen molar-refractivity contribution in [3.63, 3.8) is 0 Å². The van der Waals surface area contributed by atoms with E-state index < -0.39 is 0 Å². The van der Waals surface area contributed by atoms with Gasteiger partial charge in [-0.2, -0.15) is 11.8 Å². The van der Waals surface area contributed by atoms with Crippen molar-refractivity contribution >= 4 is 11.8 Å². The Morgan fingerprint density at radius 2 is 2.20 bits per heavy atom. The van der Waals surface area contributed by atoms with Crippen LogP contribution in [0.3, 0.4) is 0 Å². The van der Waals surface area contributed by atoms with Gasteiger partial charge in [-0.3, -0.25) is 0 Å². The maximum Gasteiger partial charge on any atom is 0.0208 e. The Morgan fingerprint density at radius 3 is 2.93 bits per heavy atom. The molecular formula is C13H19NS. The van der Waals surface area contributed by atoms with Crippen LogP contribution in [0.25, 0.3) is 0 Å². The van der Waals surface area contributed by atoms with Gasteiger partial charge in [0.1, 0.15) is 0 Å². The van der Waals surface area contributed by atoms with E-state index in [0.29, 0.717) is 0 Å². The minimum atomic E-state index is 0.974. The van der Waals surface area contributed by atoms with Crippen molar-refractivity contribution < 1.29 is 0 Å². The zero-order chi connectivity index (χ0) is 10.9. The van der Waals surface area contributed by atoms with E-state index in [1.807, 2.05) is 17.8 Å². The summed E-state index contributed by atoms with van der Waals surface area (Å²) in [4.78, 5) is 0. The minimum Gasteiger partial charge on any atom is -0.312 e. The fourth-order valence-corrected chi connectivity index (χ4v) is 1.96. The first-order valence-corrected chi connectivity index (χ1v) is 6.44. The van der Waals surface area contributed by atoms with E-state index in [1.54, 1.807) is 0 Å². The molecule has 0 saturated heterocycles. The Kier molecular flexibility index (Phi) is 6.21. The molecule has 0 aliphatic rings. The van der Waals surface area contributed by atoms with Gasteiger partial charge >= 0.3 is 0 Å². The van der Waals surface area contributed by atoms with Gasteiger partial charge < -0.3 is 5.32 Å². The molecule has 2 heteroatoms.